The molecule has 0 radical (unpaired) electrons. The minimum absolute atomic E-state index is 0.222. The Morgan fingerprint density at radius 3 is 2.68 bits per heavy atom. The second kappa shape index (κ2) is 6.92. The van der Waals surface area contributed by atoms with Crippen molar-refractivity contribution in [1.82, 2.24) is 5.32 Å². The lowest BCUT2D eigenvalue weighted by Crippen LogP contribution is -2.37. The van der Waals surface area contributed by atoms with Crippen molar-refractivity contribution < 1.29 is 9.90 Å². The van der Waals surface area contributed by atoms with Crippen molar-refractivity contribution in [2.24, 2.45) is 5.92 Å². The van der Waals surface area contributed by atoms with Gasteiger partial charge in [-0.25, -0.2) is 0 Å². The SMILES string of the molecule is O=C(NCC(O)C1CCCCC1)c1ccccc1Cl. The maximum Gasteiger partial charge on any atom is 0.252 e. The summed E-state index contributed by atoms with van der Waals surface area (Å²) in [4.78, 5) is 11.9. The molecule has 1 fully saturated rings. The Balaban J connectivity index is 1.84. The summed E-state index contributed by atoms with van der Waals surface area (Å²) in [7, 11) is 0. The maximum atomic E-state index is 11.9. The summed E-state index contributed by atoms with van der Waals surface area (Å²) >= 11 is 5.96. The van der Waals surface area contributed by atoms with Crippen LogP contribution in [-0.4, -0.2) is 23.7 Å². The van der Waals surface area contributed by atoms with Crippen molar-refractivity contribution >= 4 is 17.5 Å². The van der Waals surface area contributed by atoms with Crippen LogP contribution in [0.5, 0.6) is 0 Å². The summed E-state index contributed by atoms with van der Waals surface area (Å²) in [6.45, 7) is 0.300. The van der Waals surface area contributed by atoms with Gasteiger partial charge in [-0.1, -0.05) is 43.0 Å². The highest BCUT2D eigenvalue weighted by Gasteiger charge is 2.22. The molecule has 19 heavy (non-hydrogen) atoms. The van der Waals surface area contributed by atoms with Gasteiger partial charge in [0.25, 0.3) is 5.91 Å². The van der Waals surface area contributed by atoms with Gasteiger partial charge in [0.05, 0.1) is 16.7 Å². The van der Waals surface area contributed by atoms with E-state index < -0.39 is 6.10 Å². The quantitative estimate of drug-likeness (QED) is 0.891. The van der Waals surface area contributed by atoms with Crippen LogP contribution in [0.4, 0.5) is 0 Å². The molecular weight excluding hydrogens is 262 g/mol. The number of amides is 1. The molecule has 0 saturated heterocycles. The van der Waals surface area contributed by atoms with Gasteiger partial charge in [0.15, 0.2) is 0 Å². The largest absolute Gasteiger partial charge is 0.391 e. The topological polar surface area (TPSA) is 49.3 Å². The fourth-order valence-corrected chi connectivity index (χ4v) is 2.85. The van der Waals surface area contributed by atoms with Crippen molar-refractivity contribution in [2.75, 3.05) is 6.54 Å². The molecule has 104 valence electrons. The van der Waals surface area contributed by atoms with Crippen LogP contribution in [0.15, 0.2) is 24.3 Å². The van der Waals surface area contributed by atoms with Gasteiger partial charge in [0, 0.05) is 6.54 Å². The molecule has 4 heteroatoms. The van der Waals surface area contributed by atoms with E-state index >= 15 is 0 Å². The van der Waals surface area contributed by atoms with E-state index in [4.69, 9.17) is 11.6 Å². The lowest BCUT2D eigenvalue weighted by molar-refractivity contribution is 0.0738. The number of hydrogen-bond acceptors (Lipinski definition) is 2. The summed E-state index contributed by atoms with van der Waals surface area (Å²) in [6, 6.07) is 6.94. The number of nitrogens with one attached hydrogen (secondary N) is 1. The molecule has 2 rings (SSSR count). The standard InChI is InChI=1S/C15H20ClNO2/c16-13-9-5-4-8-12(13)15(19)17-10-14(18)11-6-2-1-3-7-11/h4-5,8-9,11,14,18H,1-3,6-7,10H2,(H,17,19). The first-order chi connectivity index (χ1) is 9.18. The molecule has 3 nitrogen and oxygen atoms in total. The van der Waals surface area contributed by atoms with Crippen LogP contribution < -0.4 is 5.32 Å². The molecule has 0 aliphatic heterocycles. The number of rotatable bonds is 4. The number of carbonyl (C=O) groups excluding carboxylic acids is 1. The molecule has 0 heterocycles. The molecule has 0 bridgehead atoms. The Bertz CT molecular complexity index is 430. The third kappa shape index (κ3) is 3.95. The molecule has 1 aliphatic carbocycles. The van der Waals surface area contributed by atoms with Gasteiger partial charge in [0.2, 0.25) is 0 Å². The molecule has 0 aromatic heterocycles. The van der Waals surface area contributed by atoms with Crippen LogP contribution in [0.25, 0.3) is 0 Å². The number of benzene rings is 1. The average Bonchev–Trinajstić information content (AvgIpc) is 2.46. The Morgan fingerprint density at radius 1 is 1.32 bits per heavy atom. The van der Waals surface area contributed by atoms with Gasteiger partial charge >= 0.3 is 0 Å². The number of aliphatic hydroxyl groups excluding tert-OH is 1. The van der Waals surface area contributed by atoms with Crippen LogP contribution >= 0.6 is 11.6 Å². The molecule has 1 unspecified atom stereocenters. The summed E-state index contributed by atoms with van der Waals surface area (Å²) in [5.74, 6) is 0.0979. The summed E-state index contributed by atoms with van der Waals surface area (Å²) < 4.78 is 0. The van der Waals surface area contributed by atoms with Gasteiger partial charge in [-0.05, 0) is 30.9 Å². The molecule has 1 aromatic carbocycles. The molecule has 1 amide bonds. The minimum atomic E-state index is -0.452. The normalized spacial score (nSPS) is 18.0. The average molecular weight is 282 g/mol. The van der Waals surface area contributed by atoms with Crippen molar-refractivity contribution in [3.8, 4) is 0 Å². The van der Waals surface area contributed by atoms with E-state index in [1.807, 2.05) is 0 Å². The zero-order chi connectivity index (χ0) is 13.7. The van der Waals surface area contributed by atoms with Gasteiger partial charge in [-0.3, -0.25) is 4.79 Å². The van der Waals surface area contributed by atoms with Gasteiger partial charge < -0.3 is 10.4 Å². The fraction of sp³-hybridized carbons (Fsp3) is 0.533. The lowest BCUT2D eigenvalue weighted by atomic mass is 9.85. The van der Waals surface area contributed by atoms with Gasteiger partial charge in [0.1, 0.15) is 0 Å². The molecule has 1 aromatic rings. The lowest BCUT2D eigenvalue weighted by Gasteiger charge is -2.26. The zero-order valence-corrected chi connectivity index (χ0v) is 11.7. The second-order valence-electron chi connectivity index (χ2n) is 5.16. The summed E-state index contributed by atoms with van der Waals surface area (Å²) in [5, 5.41) is 13.3. The van der Waals surface area contributed by atoms with Crippen molar-refractivity contribution in [1.29, 1.82) is 0 Å². The highest BCUT2D eigenvalue weighted by atomic mass is 35.5. The van der Waals surface area contributed by atoms with Crippen molar-refractivity contribution in [3.63, 3.8) is 0 Å². The van der Waals surface area contributed by atoms with Crippen LogP contribution in [0, 0.1) is 5.92 Å². The van der Waals surface area contributed by atoms with E-state index in [0.717, 1.165) is 12.8 Å². The van der Waals surface area contributed by atoms with E-state index in [1.165, 1.54) is 19.3 Å². The van der Waals surface area contributed by atoms with Gasteiger partial charge in [-0.15, -0.1) is 0 Å². The van der Waals surface area contributed by atoms with Crippen LogP contribution in [0.3, 0.4) is 0 Å². The summed E-state index contributed by atoms with van der Waals surface area (Å²) in [6.07, 6.45) is 5.29. The predicted octanol–water partition coefficient (Wildman–Crippen LogP) is 3.01. The monoisotopic (exact) mass is 281 g/mol. The highest BCUT2D eigenvalue weighted by Crippen LogP contribution is 2.26. The molecule has 1 aliphatic rings. The first-order valence-corrected chi connectivity index (χ1v) is 7.27. The van der Waals surface area contributed by atoms with Crippen LogP contribution in [-0.2, 0) is 0 Å². The molecule has 1 atom stereocenters. The zero-order valence-electron chi connectivity index (χ0n) is 10.9. The smallest absolute Gasteiger partial charge is 0.252 e. The second-order valence-corrected chi connectivity index (χ2v) is 5.56. The highest BCUT2D eigenvalue weighted by molar-refractivity contribution is 6.33. The van der Waals surface area contributed by atoms with Crippen molar-refractivity contribution in [3.05, 3.63) is 34.9 Å². The minimum Gasteiger partial charge on any atom is -0.391 e. The van der Waals surface area contributed by atoms with E-state index in [-0.39, 0.29) is 5.91 Å². The molecule has 0 spiro atoms. The van der Waals surface area contributed by atoms with Crippen LogP contribution in [0.2, 0.25) is 5.02 Å². The van der Waals surface area contributed by atoms with E-state index in [9.17, 15) is 9.90 Å². The van der Waals surface area contributed by atoms with E-state index in [0.29, 0.717) is 23.0 Å². The van der Waals surface area contributed by atoms with Crippen molar-refractivity contribution in [2.45, 2.75) is 38.2 Å². The molecule has 1 saturated carbocycles. The first kappa shape index (κ1) is 14.4. The predicted molar refractivity (Wildman–Crippen MR) is 76.4 cm³/mol. The molecular formula is C15H20ClNO2. The first-order valence-electron chi connectivity index (χ1n) is 6.89. The number of halogens is 1. The third-order valence-corrected chi connectivity index (χ3v) is 4.11. The maximum absolute atomic E-state index is 11.9. The fourth-order valence-electron chi connectivity index (χ4n) is 2.62. The summed E-state index contributed by atoms with van der Waals surface area (Å²) in [5.41, 5.74) is 0.458. The van der Waals surface area contributed by atoms with Crippen LogP contribution in [0.1, 0.15) is 42.5 Å². The van der Waals surface area contributed by atoms with E-state index in [2.05, 4.69) is 5.32 Å². The number of aliphatic hydroxyl groups is 1. The number of hydrogen-bond donors (Lipinski definition) is 2. The van der Waals surface area contributed by atoms with E-state index in [1.54, 1.807) is 24.3 Å². The van der Waals surface area contributed by atoms with Gasteiger partial charge in [-0.2, -0.15) is 0 Å². The molecule has 2 N–H and O–H groups in total. The Kier molecular flexibility index (Phi) is 5.23. The Morgan fingerprint density at radius 2 is 2.00 bits per heavy atom. The third-order valence-electron chi connectivity index (χ3n) is 3.78. The Labute approximate surface area is 119 Å². The number of carbonyl (C=O) groups is 1. The Hall–Kier alpha value is -1.06.